The van der Waals surface area contributed by atoms with Crippen LogP contribution in [0.1, 0.15) is 66.9 Å². The van der Waals surface area contributed by atoms with E-state index < -0.39 is 20.3 Å². The summed E-state index contributed by atoms with van der Waals surface area (Å²) < 4.78 is 17.4. The van der Waals surface area contributed by atoms with Gasteiger partial charge >= 0.3 is 5.97 Å². The third-order valence-corrected chi connectivity index (χ3v) is 12.5. The first-order chi connectivity index (χ1) is 16.3. The first kappa shape index (κ1) is 28.5. The van der Waals surface area contributed by atoms with Gasteiger partial charge in [-0.25, -0.2) is 4.79 Å². The van der Waals surface area contributed by atoms with Gasteiger partial charge in [-0.2, -0.15) is 22.0 Å². The molecule has 0 saturated carbocycles. The second kappa shape index (κ2) is 11.3. The smallest absolute Gasteiger partial charge is 0.336 e. The number of aryl methyl sites for hydroxylation is 1. The minimum atomic E-state index is -2.35. The van der Waals surface area contributed by atoms with Crippen LogP contribution in [0, 0.1) is 31.2 Å². The molecule has 2 aromatic rings. The maximum Gasteiger partial charge on any atom is 0.336 e. The number of nitrogens with one attached hydrogen (secondary N) is 1. The fraction of sp³-hybridized carbons (Fsp3) is 0.583. The molecule has 0 aliphatic carbocycles. The number of hydrogen-bond donors (Lipinski definition) is 2. The normalized spacial score (nSPS) is 12.8. The number of methoxy groups -OCH3 is 1. The third kappa shape index (κ3) is 6.30. The Morgan fingerprint density at radius 1 is 1.34 bits per heavy atom. The summed E-state index contributed by atoms with van der Waals surface area (Å²) in [6.45, 7) is 16.5. The lowest BCUT2D eigenvalue weighted by molar-refractivity contribution is 0.0694. The predicted octanol–water partition coefficient (Wildman–Crippen LogP) is 5.46. The molecule has 0 bridgehead atoms. The van der Waals surface area contributed by atoms with Crippen LogP contribution in [-0.4, -0.2) is 42.4 Å². The summed E-state index contributed by atoms with van der Waals surface area (Å²) in [5.41, 5.74) is 1.32. The highest BCUT2D eigenvalue weighted by molar-refractivity contribution is 7.98. The lowest BCUT2D eigenvalue weighted by Crippen LogP contribution is -2.48. The van der Waals surface area contributed by atoms with Crippen LogP contribution in [0.3, 0.4) is 0 Å². The topological polar surface area (TPSA) is 130 Å². The second-order valence-corrected chi connectivity index (χ2v) is 15.4. The van der Waals surface area contributed by atoms with E-state index in [4.69, 9.17) is 18.9 Å². The number of hydrogen-bond acceptors (Lipinski definition) is 9. The van der Waals surface area contributed by atoms with Crippen molar-refractivity contribution in [2.75, 3.05) is 12.9 Å². The summed E-state index contributed by atoms with van der Waals surface area (Å²) >= 11 is 1.46. The molecule has 2 N–H and O–H groups in total. The number of carbonyl (C=O) groups is 1. The van der Waals surface area contributed by atoms with Gasteiger partial charge in [-0.05, 0) is 37.9 Å². The highest BCUT2D eigenvalue weighted by Gasteiger charge is 2.45. The molecule has 11 heteroatoms. The Morgan fingerprint density at radius 2 is 2.00 bits per heavy atom. The molecule has 1 unspecified atom stereocenters. The number of aromatic carboxylic acids is 1. The van der Waals surface area contributed by atoms with Crippen LogP contribution in [-0.2, 0) is 5.75 Å². The maximum atomic E-state index is 12.4. The largest absolute Gasteiger partial charge is 0.543 e. The molecular formula is C24H36N4O5SSi. The van der Waals surface area contributed by atoms with Gasteiger partial charge in [0.2, 0.25) is 0 Å². The number of nitrogens with zero attached hydrogens (tertiary/aromatic N) is 3. The van der Waals surface area contributed by atoms with E-state index in [1.807, 2.05) is 6.19 Å². The van der Waals surface area contributed by atoms with Crippen LogP contribution in [0.4, 0.5) is 0 Å². The number of benzene rings is 1. The lowest BCUT2D eigenvalue weighted by atomic mass is 9.99. The molecule has 9 nitrogen and oxygen atoms in total. The Kier molecular flexibility index (Phi) is 9.25. The van der Waals surface area contributed by atoms with Crippen LogP contribution >= 0.6 is 11.8 Å². The van der Waals surface area contributed by atoms with Crippen molar-refractivity contribution in [2.45, 2.75) is 71.5 Å². The van der Waals surface area contributed by atoms with E-state index in [0.717, 1.165) is 0 Å². The molecular weight excluding hydrogens is 484 g/mol. The van der Waals surface area contributed by atoms with E-state index in [2.05, 4.69) is 56.2 Å². The van der Waals surface area contributed by atoms with Crippen molar-refractivity contribution < 1.29 is 23.6 Å². The Balaban J connectivity index is 2.47. The van der Waals surface area contributed by atoms with Crippen molar-refractivity contribution in [2.24, 2.45) is 5.92 Å². The molecule has 1 heterocycles. The maximum absolute atomic E-state index is 12.4. The molecule has 0 aliphatic heterocycles. The SMILES string of the molecule is COc1cc(O[Si](C)(C)C(C)(C)C(C)C)c(CSCC(NC#N)c2nc(C)no2)c(C(=O)O)c1C. The van der Waals surface area contributed by atoms with E-state index in [9.17, 15) is 9.90 Å². The summed E-state index contributed by atoms with van der Waals surface area (Å²) in [7, 11) is -0.822. The quantitative estimate of drug-likeness (QED) is 0.211. The Hall–Kier alpha value is -2.71. The Morgan fingerprint density at radius 3 is 2.49 bits per heavy atom. The first-order valence-electron chi connectivity index (χ1n) is 11.4. The lowest BCUT2D eigenvalue weighted by Gasteiger charge is -2.43. The van der Waals surface area contributed by atoms with Gasteiger partial charge in [0.15, 0.2) is 12.0 Å². The number of nitriles is 1. The van der Waals surface area contributed by atoms with Crippen LogP contribution in [0.25, 0.3) is 0 Å². The molecule has 192 valence electrons. The number of carboxylic acid groups (broad SMARTS) is 1. The molecule has 1 aromatic heterocycles. The summed E-state index contributed by atoms with van der Waals surface area (Å²) in [5.74, 6) is 1.90. The molecule has 0 radical (unpaired) electrons. The van der Waals surface area contributed by atoms with Crippen LogP contribution < -0.4 is 14.5 Å². The predicted molar refractivity (Wildman–Crippen MR) is 138 cm³/mol. The van der Waals surface area contributed by atoms with E-state index in [1.54, 1.807) is 19.9 Å². The zero-order valence-corrected chi connectivity index (χ0v) is 23.8. The highest BCUT2D eigenvalue weighted by Crippen LogP contribution is 2.46. The molecule has 0 spiro atoms. The standard InChI is InChI=1S/C24H36N4O5SSi/c1-14(2)24(5,6)35(8,9)33-20-10-19(31-7)15(3)21(23(29)30)17(20)11-34-12-18(26-13-25)22-27-16(4)28-32-22/h10,14,18,26H,11-12H2,1-9H3,(H,29,30). The minimum Gasteiger partial charge on any atom is -0.543 e. The van der Waals surface area contributed by atoms with Crippen molar-refractivity contribution in [3.63, 3.8) is 0 Å². The molecule has 0 aliphatic rings. The van der Waals surface area contributed by atoms with Crippen molar-refractivity contribution in [3.8, 4) is 17.7 Å². The Bertz CT molecular complexity index is 1090. The molecule has 0 saturated heterocycles. The summed E-state index contributed by atoms with van der Waals surface area (Å²) in [6, 6.07) is 1.31. The number of thioether (sulfide) groups is 1. The highest BCUT2D eigenvalue weighted by atomic mass is 32.2. The number of carboxylic acids is 1. The van der Waals surface area contributed by atoms with E-state index >= 15 is 0 Å². The number of aromatic nitrogens is 2. The molecule has 35 heavy (non-hydrogen) atoms. The van der Waals surface area contributed by atoms with E-state index in [0.29, 0.717) is 51.8 Å². The summed E-state index contributed by atoms with van der Waals surface area (Å²) in [4.78, 5) is 16.6. The molecule has 1 atom stereocenters. The average Bonchev–Trinajstić information content (AvgIpc) is 3.20. The monoisotopic (exact) mass is 520 g/mol. The van der Waals surface area contributed by atoms with Crippen LogP contribution in [0.15, 0.2) is 10.6 Å². The number of rotatable bonds is 12. The van der Waals surface area contributed by atoms with Crippen molar-refractivity contribution >= 4 is 26.0 Å². The van der Waals surface area contributed by atoms with Gasteiger partial charge < -0.3 is 24.1 Å². The summed E-state index contributed by atoms with van der Waals surface area (Å²) in [6.07, 6.45) is 1.93. The molecule has 0 amide bonds. The van der Waals surface area contributed by atoms with E-state index in [1.165, 1.54) is 18.9 Å². The molecule has 2 rings (SSSR count). The minimum absolute atomic E-state index is 0.0729. The van der Waals surface area contributed by atoms with Crippen LogP contribution in [0.2, 0.25) is 18.1 Å². The molecule has 0 fully saturated rings. The van der Waals surface area contributed by atoms with Gasteiger partial charge in [0.1, 0.15) is 17.5 Å². The fourth-order valence-electron chi connectivity index (χ4n) is 3.61. The van der Waals surface area contributed by atoms with Crippen LogP contribution in [0.5, 0.6) is 11.5 Å². The van der Waals surface area contributed by atoms with Crippen molar-refractivity contribution in [1.29, 1.82) is 5.26 Å². The van der Waals surface area contributed by atoms with Gasteiger partial charge in [0.25, 0.3) is 14.2 Å². The van der Waals surface area contributed by atoms with Gasteiger partial charge in [0, 0.05) is 28.7 Å². The van der Waals surface area contributed by atoms with Crippen molar-refractivity contribution in [3.05, 3.63) is 34.5 Å². The zero-order valence-electron chi connectivity index (χ0n) is 22.0. The fourth-order valence-corrected chi connectivity index (χ4v) is 7.07. The number of ether oxygens (including phenoxy) is 1. The van der Waals surface area contributed by atoms with Gasteiger partial charge in [-0.3, -0.25) is 0 Å². The van der Waals surface area contributed by atoms with Gasteiger partial charge in [0.05, 0.1) is 12.7 Å². The zero-order chi connectivity index (χ0) is 26.6. The van der Waals surface area contributed by atoms with Crippen molar-refractivity contribution in [1.82, 2.24) is 15.5 Å². The third-order valence-electron chi connectivity index (χ3n) is 7.01. The first-order valence-corrected chi connectivity index (χ1v) is 15.5. The van der Waals surface area contributed by atoms with Gasteiger partial charge in [-0.1, -0.05) is 32.9 Å². The summed E-state index contributed by atoms with van der Waals surface area (Å²) in [5, 5.41) is 25.7. The van der Waals surface area contributed by atoms with Gasteiger partial charge in [-0.15, -0.1) is 0 Å². The average molecular weight is 521 g/mol. The second-order valence-electron chi connectivity index (χ2n) is 9.85. The molecule has 1 aromatic carbocycles. The Labute approximate surface area is 212 Å². The van der Waals surface area contributed by atoms with E-state index in [-0.39, 0.29) is 10.6 Å².